The van der Waals surface area contributed by atoms with Gasteiger partial charge in [0.25, 0.3) is 0 Å². The summed E-state index contributed by atoms with van der Waals surface area (Å²) in [4.78, 5) is 2.29. The number of likely N-dealkylation sites (N-methyl/N-ethyl adjacent to an activating group) is 1. The average Bonchev–Trinajstić information content (AvgIpc) is 2.61. The third-order valence-corrected chi connectivity index (χ3v) is 3.30. The van der Waals surface area contributed by atoms with Gasteiger partial charge in [0.2, 0.25) is 0 Å². The fraction of sp³-hybridized carbons (Fsp3) is 1.00. The summed E-state index contributed by atoms with van der Waals surface area (Å²) in [6, 6.07) is 0.500. The molecule has 0 radical (unpaired) electrons. The van der Waals surface area contributed by atoms with Gasteiger partial charge in [0.05, 0.1) is 12.7 Å². The van der Waals surface area contributed by atoms with E-state index in [9.17, 15) is 0 Å². The first-order valence-corrected chi connectivity index (χ1v) is 5.68. The highest BCUT2D eigenvalue weighted by Crippen LogP contribution is 2.19. The molecular formula is C11H24N2O2. The molecule has 0 saturated carbocycles. The van der Waals surface area contributed by atoms with E-state index in [1.165, 1.54) is 0 Å². The number of ether oxygens (including phenoxy) is 1. The predicted molar refractivity (Wildman–Crippen MR) is 60.7 cm³/mol. The number of hydrogen-bond donors (Lipinski definition) is 2. The molecule has 3 N–H and O–H groups in total. The Balaban J connectivity index is 2.32. The van der Waals surface area contributed by atoms with Crippen LogP contribution in [-0.2, 0) is 4.74 Å². The lowest BCUT2D eigenvalue weighted by Crippen LogP contribution is -2.45. The molecule has 15 heavy (non-hydrogen) atoms. The maximum absolute atomic E-state index is 9.06. The summed E-state index contributed by atoms with van der Waals surface area (Å²) < 4.78 is 5.52. The van der Waals surface area contributed by atoms with Crippen molar-refractivity contribution in [3.8, 4) is 0 Å². The largest absolute Gasteiger partial charge is 0.394 e. The molecule has 0 amide bonds. The van der Waals surface area contributed by atoms with Crippen LogP contribution >= 0.6 is 0 Å². The second-order valence-electron chi connectivity index (χ2n) is 4.97. The van der Waals surface area contributed by atoms with Crippen LogP contribution in [0.4, 0.5) is 0 Å². The maximum Gasteiger partial charge on any atom is 0.0702 e. The number of hydrogen-bond acceptors (Lipinski definition) is 4. The summed E-state index contributed by atoms with van der Waals surface area (Å²) in [6.07, 6.45) is 2.22. The smallest absolute Gasteiger partial charge is 0.0702 e. The molecule has 0 aromatic carbocycles. The SMILES string of the molecule is CC1OCCC1N(C)CCC(C)(N)CO. The summed E-state index contributed by atoms with van der Waals surface area (Å²) in [5, 5.41) is 9.06. The van der Waals surface area contributed by atoms with Crippen molar-refractivity contribution in [2.24, 2.45) is 5.73 Å². The van der Waals surface area contributed by atoms with Crippen molar-refractivity contribution in [3.05, 3.63) is 0 Å². The number of aliphatic hydroxyl groups excluding tert-OH is 1. The van der Waals surface area contributed by atoms with Gasteiger partial charge in [-0.2, -0.15) is 0 Å². The highest BCUT2D eigenvalue weighted by atomic mass is 16.5. The standard InChI is InChI=1S/C11H24N2O2/c1-9-10(4-7-15-9)13(3)6-5-11(2,12)8-14/h9-10,14H,4-8,12H2,1-3H3. The fourth-order valence-corrected chi connectivity index (χ4v) is 1.98. The van der Waals surface area contributed by atoms with Crippen molar-refractivity contribution < 1.29 is 9.84 Å². The van der Waals surface area contributed by atoms with Crippen LogP contribution in [-0.4, -0.2) is 54.5 Å². The summed E-state index contributed by atoms with van der Waals surface area (Å²) in [6.45, 7) is 5.80. The van der Waals surface area contributed by atoms with E-state index in [2.05, 4.69) is 18.9 Å². The monoisotopic (exact) mass is 216 g/mol. The highest BCUT2D eigenvalue weighted by molar-refractivity contribution is 4.84. The van der Waals surface area contributed by atoms with Crippen molar-refractivity contribution in [1.29, 1.82) is 0 Å². The number of nitrogens with two attached hydrogens (primary N) is 1. The molecule has 3 atom stereocenters. The molecule has 1 heterocycles. The molecule has 0 aromatic rings. The van der Waals surface area contributed by atoms with Gasteiger partial charge < -0.3 is 20.5 Å². The fourth-order valence-electron chi connectivity index (χ4n) is 1.98. The van der Waals surface area contributed by atoms with Crippen LogP contribution in [0.1, 0.15) is 26.7 Å². The second-order valence-corrected chi connectivity index (χ2v) is 4.97. The van der Waals surface area contributed by atoms with Crippen LogP contribution in [0.3, 0.4) is 0 Å². The maximum atomic E-state index is 9.06. The molecule has 0 aromatic heterocycles. The van der Waals surface area contributed by atoms with Crippen LogP contribution in [0.2, 0.25) is 0 Å². The van der Waals surface area contributed by atoms with E-state index in [-0.39, 0.29) is 6.61 Å². The topological polar surface area (TPSA) is 58.7 Å². The average molecular weight is 216 g/mol. The van der Waals surface area contributed by atoms with Crippen LogP contribution in [0, 0.1) is 0 Å². The van der Waals surface area contributed by atoms with E-state index in [0.29, 0.717) is 12.1 Å². The zero-order valence-electron chi connectivity index (χ0n) is 10.1. The first-order valence-electron chi connectivity index (χ1n) is 5.68. The lowest BCUT2D eigenvalue weighted by atomic mass is 9.99. The first-order chi connectivity index (χ1) is 6.96. The van der Waals surface area contributed by atoms with Gasteiger partial charge in [-0.3, -0.25) is 0 Å². The van der Waals surface area contributed by atoms with Crippen LogP contribution in [0.5, 0.6) is 0 Å². The normalized spacial score (nSPS) is 30.8. The van der Waals surface area contributed by atoms with Gasteiger partial charge in [0.15, 0.2) is 0 Å². The van der Waals surface area contributed by atoms with Gasteiger partial charge >= 0.3 is 0 Å². The summed E-state index contributed by atoms with van der Waals surface area (Å²) in [7, 11) is 2.10. The Morgan fingerprint density at radius 3 is 2.73 bits per heavy atom. The van der Waals surface area contributed by atoms with Gasteiger partial charge in [-0.15, -0.1) is 0 Å². The summed E-state index contributed by atoms with van der Waals surface area (Å²) >= 11 is 0. The van der Waals surface area contributed by atoms with Crippen LogP contribution in [0.25, 0.3) is 0 Å². The Morgan fingerprint density at radius 1 is 1.60 bits per heavy atom. The van der Waals surface area contributed by atoms with E-state index in [4.69, 9.17) is 15.6 Å². The summed E-state index contributed by atoms with van der Waals surface area (Å²) in [5.74, 6) is 0. The Labute approximate surface area is 92.4 Å². The molecule has 0 bridgehead atoms. The minimum Gasteiger partial charge on any atom is -0.394 e. The minimum atomic E-state index is -0.461. The molecular weight excluding hydrogens is 192 g/mol. The quantitative estimate of drug-likeness (QED) is 0.689. The van der Waals surface area contributed by atoms with Crippen molar-refractivity contribution in [3.63, 3.8) is 0 Å². The van der Waals surface area contributed by atoms with Gasteiger partial charge in [-0.25, -0.2) is 0 Å². The molecule has 1 aliphatic rings. The van der Waals surface area contributed by atoms with Crippen LogP contribution in [0.15, 0.2) is 0 Å². The molecule has 1 rings (SSSR count). The molecule has 4 heteroatoms. The van der Waals surface area contributed by atoms with Gasteiger partial charge in [-0.1, -0.05) is 0 Å². The van der Waals surface area contributed by atoms with Crippen molar-refractivity contribution in [2.75, 3.05) is 26.8 Å². The Kier molecular flexibility index (Phi) is 4.52. The Hall–Kier alpha value is -0.160. The third kappa shape index (κ3) is 3.72. The highest BCUT2D eigenvalue weighted by Gasteiger charge is 2.28. The molecule has 1 fully saturated rings. The molecule has 4 nitrogen and oxygen atoms in total. The zero-order valence-corrected chi connectivity index (χ0v) is 10.1. The molecule has 1 saturated heterocycles. The molecule has 90 valence electrons. The molecule has 0 spiro atoms. The molecule has 1 aliphatic heterocycles. The van der Waals surface area contributed by atoms with Crippen LogP contribution < -0.4 is 5.73 Å². The number of aliphatic hydroxyl groups is 1. The predicted octanol–water partition coefficient (Wildman–Crippen LogP) is 0.195. The lowest BCUT2D eigenvalue weighted by molar-refractivity contribution is 0.0790. The van der Waals surface area contributed by atoms with Crippen molar-refractivity contribution in [1.82, 2.24) is 4.90 Å². The van der Waals surface area contributed by atoms with Gasteiger partial charge in [-0.05, 0) is 33.7 Å². The summed E-state index contributed by atoms with van der Waals surface area (Å²) in [5.41, 5.74) is 5.43. The second kappa shape index (κ2) is 5.25. The number of nitrogens with zero attached hydrogens (tertiary/aromatic N) is 1. The van der Waals surface area contributed by atoms with E-state index in [1.54, 1.807) is 0 Å². The number of rotatable bonds is 5. The van der Waals surface area contributed by atoms with Gasteiger partial charge in [0.1, 0.15) is 0 Å². The van der Waals surface area contributed by atoms with E-state index < -0.39 is 5.54 Å². The molecule has 0 aliphatic carbocycles. The lowest BCUT2D eigenvalue weighted by Gasteiger charge is -2.30. The van der Waals surface area contributed by atoms with Gasteiger partial charge in [0, 0.05) is 24.7 Å². The molecule has 3 unspecified atom stereocenters. The first kappa shape index (κ1) is 12.9. The van der Waals surface area contributed by atoms with E-state index in [1.807, 2.05) is 6.92 Å². The van der Waals surface area contributed by atoms with Crippen molar-refractivity contribution >= 4 is 0 Å². The Bertz CT molecular complexity index is 197. The zero-order chi connectivity index (χ0) is 11.5. The van der Waals surface area contributed by atoms with E-state index >= 15 is 0 Å². The third-order valence-electron chi connectivity index (χ3n) is 3.30. The van der Waals surface area contributed by atoms with E-state index in [0.717, 1.165) is 26.0 Å². The Morgan fingerprint density at radius 2 is 2.27 bits per heavy atom. The minimum absolute atomic E-state index is 0.0392. The van der Waals surface area contributed by atoms with Crippen molar-refractivity contribution in [2.45, 2.75) is 44.4 Å².